The second kappa shape index (κ2) is 6.15. The maximum atomic E-state index is 10.5. The summed E-state index contributed by atoms with van der Waals surface area (Å²) in [5.41, 5.74) is 8.47. The molecule has 2 unspecified atom stereocenters. The number of aliphatic hydroxyl groups is 1. The fourth-order valence-electron chi connectivity index (χ4n) is 2.13. The number of aliphatic hydroxyl groups excluding tert-OH is 1. The van der Waals surface area contributed by atoms with E-state index < -0.39 is 6.10 Å². The fourth-order valence-corrected chi connectivity index (χ4v) is 2.48. The molecule has 3 nitrogen and oxygen atoms in total. The lowest BCUT2D eigenvalue weighted by Gasteiger charge is -2.23. The van der Waals surface area contributed by atoms with Gasteiger partial charge in [0.2, 0.25) is 0 Å². The normalized spacial score (nSPS) is 14.1. The lowest BCUT2D eigenvalue weighted by molar-refractivity contribution is 0.147. The van der Waals surface area contributed by atoms with Gasteiger partial charge in [0, 0.05) is 29.9 Å². The van der Waals surface area contributed by atoms with Crippen molar-refractivity contribution in [2.75, 3.05) is 6.54 Å². The summed E-state index contributed by atoms with van der Waals surface area (Å²) in [7, 11) is 0. The van der Waals surface area contributed by atoms with Gasteiger partial charge in [-0.15, -0.1) is 0 Å². The largest absolute Gasteiger partial charge is 0.388 e. The summed E-state index contributed by atoms with van der Waals surface area (Å²) in [4.78, 5) is 4.07. The first-order valence-corrected chi connectivity index (χ1v) is 6.55. The van der Waals surface area contributed by atoms with Gasteiger partial charge in [0.1, 0.15) is 0 Å². The zero-order valence-electron chi connectivity index (χ0n) is 10.8. The van der Waals surface area contributed by atoms with Crippen LogP contribution in [0.2, 0.25) is 5.02 Å². The molecule has 0 bridgehead atoms. The third-order valence-corrected chi connectivity index (χ3v) is 3.55. The van der Waals surface area contributed by atoms with Crippen molar-refractivity contribution in [2.45, 2.75) is 18.9 Å². The van der Waals surface area contributed by atoms with Gasteiger partial charge in [-0.05, 0) is 35.7 Å². The van der Waals surface area contributed by atoms with E-state index in [1.54, 1.807) is 12.4 Å². The molecule has 1 heterocycles. The molecule has 0 amide bonds. The van der Waals surface area contributed by atoms with E-state index in [0.717, 1.165) is 11.1 Å². The maximum Gasteiger partial charge on any atom is 0.0885 e. The number of halogens is 1. The van der Waals surface area contributed by atoms with Gasteiger partial charge in [-0.25, -0.2) is 0 Å². The minimum Gasteiger partial charge on any atom is -0.388 e. The van der Waals surface area contributed by atoms with Crippen LogP contribution in [0.15, 0.2) is 42.7 Å². The second-order valence-electron chi connectivity index (χ2n) is 4.60. The molecule has 0 aliphatic heterocycles. The first-order chi connectivity index (χ1) is 9.13. The first kappa shape index (κ1) is 14.0. The van der Waals surface area contributed by atoms with Crippen LogP contribution in [0.3, 0.4) is 0 Å². The molecule has 0 fully saturated rings. The Morgan fingerprint density at radius 2 is 2.16 bits per heavy atom. The van der Waals surface area contributed by atoms with Gasteiger partial charge >= 0.3 is 0 Å². The number of pyridine rings is 1. The zero-order chi connectivity index (χ0) is 13.8. The summed E-state index contributed by atoms with van der Waals surface area (Å²) in [6.07, 6.45) is 2.69. The number of nitrogens with two attached hydrogens (primary N) is 1. The van der Waals surface area contributed by atoms with Crippen LogP contribution >= 0.6 is 11.6 Å². The van der Waals surface area contributed by atoms with Gasteiger partial charge in [0.05, 0.1) is 6.10 Å². The highest BCUT2D eigenvalue weighted by Gasteiger charge is 2.23. The van der Waals surface area contributed by atoms with Gasteiger partial charge < -0.3 is 10.8 Å². The van der Waals surface area contributed by atoms with E-state index >= 15 is 0 Å². The molecule has 0 aliphatic rings. The Morgan fingerprint density at radius 1 is 1.37 bits per heavy atom. The average Bonchev–Trinajstić information content (AvgIpc) is 2.40. The smallest absolute Gasteiger partial charge is 0.0885 e. The van der Waals surface area contributed by atoms with Gasteiger partial charge in [0.15, 0.2) is 0 Å². The molecule has 3 N–H and O–H groups in total. The Balaban J connectivity index is 2.33. The van der Waals surface area contributed by atoms with Crippen LogP contribution in [0.1, 0.15) is 28.7 Å². The van der Waals surface area contributed by atoms with Crippen LogP contribution < -0.4 is 5.73 Å². The molecule has 100 valence electrons. The van der Waals surface area contributed by atoms with Gasteiger partial charge in [-0.2, -0.15) is 0 Å². The molecular weight excluding hydrogens is 260 g/mol. The van der Waals surface area contributed by atoms with E-state index in [4.69, 9.17) is 17.3 Å². The van der Waals surface area contributed by atoms with Gasteiger partial charge in [0.25, 0.3) is 0 Å². The standard InChI is InChI=1S/C15H17ClN2O/c1-10-4-5-12(14(16)7-10)15(19)13(8-17)11-3-2-6-18-9-11/h2-7,9,13,15,19H,8,17H2,1H3. The Bertz CT molecular complexity index is 545. The highest BCUT2D eigenvalue weighted by molar-refractivity contribution is 6.31. The molecule has 2 rings (SSSR count). The quantitative estimate of drug-likeness (QED) is 0.903. The number of aryl methyl sites for hydroxylation is 1. The summed E-state index contributed by atoms with van der Waals surface area (Å²) in [6.45, 7) is 2.29. The highest BCUT2D eigenvalue weighted by atomic mass is 35.5. The van der Waals surface area contributed by atoms with Gasteiger partial charge in [-0.3, -0.25) is 4.98 Å². The van der Waals surface area contributed by atoms with Crippen LogP contribution in [0, 0.1) is 6.92 Å². The van der Waals surface area contributed by atoms with E-state index in [1.165, 1.54) is 0 Å². The number of nitrogens with zero attached hydrogens (tertiary/aromatic N) is 1. The van der Waals surface area contributed by atoms with Crippen LogP contribution in [0.4, 0.5) is 0 Å². The zero-order valence-corrected chi connectivity index (χ0v) is 11.5. The number of aromatic nitrogens is 1. The van der Waals surface area contributed by atoms with Crippen molar-refractivity contribution in [1.29, 1.82) is 0 Å². The van der Waals surface area contributed by atoms with E-state index in [-0.39, 0.29) is 5.92 Å². The summed E-state index contributed by atoms with van der Waals surface area (Å²) >= 11 is 6.20. The number of hydrogen-bond acceptors (Lipinski definition) is 3. The SMILES string of the molecule is Cc1ccc(C(O)C(CN)c2cccnc2)c(Cl)c1. The molecule has 0 radical (unpaired) electrons. The minimum atomic E-state index is -0.734. The molecule has 19 heavy (non-hydrogen) atoms. The van der Waals surface area contributed by atoms with Crippen molar-refractivity contribution in [1.82, 2.24) is 4.98 Å². The predicted octanol–water partition coefficient (Wildman–Crippen LogP) is 2.82. The predicted molar refractivity (Wildman–Crippen MR) is 77.2 cm³/mol. The number of benzene rings is 1. The van der Waals surface area contributed by atoms with Crippen molar-refractivity contribution in [3.8, 4) is 0 Å². The molecule has 2 atom stereocenters. The first-order valence-electron chi connectivity index (χ1n) is 6.17. The van der Waals surface area contributed by atoms with Crippen LogP contribution in [-0.2, 0) is 0 Å². The lowest BCUT2D eigenvalue weighted by Crippen LogP contribution is -2.20. The van der Waals surface area contributed by atoms with Crippen LogP contribution in [-0.4, -0.2) is 16.6 Å². The topological polar surface area (TPSA) is 59.1 Å². The Hall–Kier alpha value is -1.42. The van der Waals surface area contributed by atoms with E-state index in [2.05, 4.69) is 4.98 Å². The lowest BCUT2D eigenvalue weighted by atomic mass is 9.90. The molecule has 0 aliphatic carbocycles. The maximum absolute atomic E-state index is 10.5. The molecule has 4 heteroatoms. The van der Waals surface area contributed by atoms with Crippen molar-refractivity contribution < 1.29 is 5.11 Å². The third kappa shape index (κ3) is 3.13. The highest BCUT2D eigenvalue weighted by Crippen LogP contribution is 2.34. The van der Waals surface area contributed by atoms with E-state index in [0.29, 0.717) is 17.1 Å². The van der Waals surface area contributed by atoms with Crippen molar-refractivity contribution in [3.63, 3.8) is 0 Å². The Kier molecular flexibility index (Phi) is 4.53. The van der Waals surface area contributed by atoms with E-state index in [1.807, 2.05) is 37.3 Å². The minimum absolute atomic E-state index is 0.214. The molecule has 1 aromatic heterocycles. The van der Waals surface area contributed by atoms with Crippen LogP contribution in [0.25, 0.3) is 0 Å². The fraction of sp³-hybridized carbons (Fsp3) is 0.267. The Labute approximate surface area is 118 Å². The van der Waals surface area contributed by atoms with Gasteiger partial charge in [-0.1, -0.05) is 29.8 Å². The summed E-state index contributed by atoms with van der Waals surface area (Å²) in [6, 6.07) is 9.37. The number of rotatable bonds is 4. The molecule has 1 aromatic carbocycles. The van der Waals surface area contributed by atoms with Crippen molar-refractivity contribution in [2.24, 2.45) is 5.73 Å². The third-order valence-electron chi connectivity index (χ3n) is 3.22. The summed E-state index contributed by atoms with van der Waals surface area (Å²) in [5, 5.41) is 11.1. The summed E-state index contributed by atoms with van der Waals surface area (Å²) < 4.78 is 0. The summed E-state index contributed by atoms with van der Waals surface area (Å²) in [5.74, 6) is -0.214. The average molecular weight is 277 g/mol. The van der Waals surface area contributed by atoms with Crippen molar-refractivity contribution in [3.05, 3.63) is 64.4 Å². The van der Waals surface area contributed by atoms with Crippen LogP contribution in [0.5, 0.6) is 0 Å². The van der Waals surface area contributed by atoms with Crippen molar-refractivity contribution >= 4 is 11.6 Å². The number of hydrogen-bond donors (Lipinski definition) is 2. The monoisotopic (exact) mass is 276 g/mol. The molecule has 0 saturated carbocycles. The second-order valence-corrected chi connectivity index (χ2v) is 5.01. The molecule has 0 saturated heterocycles. The Morgan fingerprint density at radius 3 is 2.74 bits per heavy atom. The molecule has 2 aromatic rings. The molecule has 0 spiro atoms. The molecular formula is C15H17ClN2O. The van der Waals surface area contributed by atoms with E-state index in [9.17, 15) is 5.11 Å².